The monoisotopic (exact) mass is 694 g/mol. The van der Waals surface area contributed by atoms with Crippen LogP contribution < -0.4 is 15.4 Å². The number of thioether (sulfide) groups is 1. The molecular formula is C29H35ClN6O8S2. The van der Waals surface area contributed by atoms with Crippen molar-refractivity contribution in [1.29, 1.82) is 0 Å². The SMILES string of the molecule is COc1ccc(COC(=O)C2=C(CCl)CSC3[C@H](NC(=O)/C(=N/OC(C)(C)C)c4nsc(NC(=O)OC(C)(C)C)n4)C(=O)N23)cc1. The molecule has 1 aromatic carbocycles. The maximum atomic E-state index is 13.5. The average molecular weight is 695 g/mol. The third-order valence-corrected chi connectivity index (χ3v) is 8.38. The second-order valence-corrected chi connectivity index (χ2v) is 14.2. The summed E-state index contributed by atoms with van der Waals surface area (Å²) < 4.78 is 20.1. The van der Waals surface area contributed by atoms with Gasteiger partial charge in [-0.1, -0.05) is 17.3 Å². The van der Waals surface area contributed by atoms with Crippen LogP contribution in [0.4, 0.5) is 9.93 Å². The highest BCUT2D eigenvalue weighted by Gasteiger charge is 2.54. The second-order valence-electron chi connectivity index (χ2n) is 12.1. The number of nitrogens with zero attached hydrogens (tertiary/aromatic N) is 4. The van der Waals surface area contributed by atoms with Crippen LogP contribution in [-0.4, -0.2) is 85.2 Å². The van der Waals surface area contributed by atoms with Crippen LogP contribution in [0.2, 0.25) is 0 Å². The lowest BCUT2D eigenvalue weighted by Crippen LogP contribution is -2.71. The fraction of sp³-hybridized carbons (Fsp3) is 0.483. The Morgan fingerprint density at radius 3 is 2.41 bits per heavy atom. The summed E-state index contributed by atoms with van der Waals surface area (Å²) in [5.41, 5.74) is -0.492. The molecule has 0 spiro atoms. The molecule has 0 bridgehead atoms. The predicted molar refractivity (Wildman–Crippen MR) is 173 cm³/mol. The molecule has 2 N–H and O–H groups in total. The third-order valence-electron chi connectivity index (χ3n) is 6.09. The Morgan fingerprint density at radius 1 is 1.11 bits per heavy atom. The Hall–Kier alpha value is -3.89. The lowest BCUT2D eigenvalue weighted by molar-refractivity contribution is -0.153. The molecule has 3 heterocycles. The molecule has 14 nitrogen and oxygen atoms in total. The van der Waals surface area contributed by atoms with E-state index in [0.29, 0.717) is 17.1 Å². The van der Waals surface area contributed by atoms with E-state index in [1.165, 1.54) is 16.7 Å². The Bertz CT molecular complexity index is 1550. The normalized spacial score (nSPS) is 18.3. The van der Waals surface area contributed by atoms with Crippen LogP contribution >= 0.6 is 34.9 Å². The van der Waals surface area contributed by atoms with Gasteiger partial charge in [-0.3, -0.25) is 19.8 Å². The van der Waals surface area contributed by atoms with Crippen LogP contribution in [0.1, 0.15) is 52.9 Å². The van der Waals surface area contributed by atoms with E-state index >= 15 is 0 Å². The van der Waals surface area contributed by atoms with Crippen molar-refractivity contribution in [2.45, 2.75) is 70.8 Å². The summed E-state index contributed by atoms with van der Waals surface area (Å²) in [6, 6.07) is 6.01. The van der Waals surface area contributed by atoms with Gasteiger partial charge in [0.2, 0.25) is 16.7 Å². The zero-order valence-electron chi connectivity index (χ0n) is 26.3. The first-order valence-corrected chi connectivity index (χ1v) is 16.4. The lowest BCUT2D eigenvalue weighted by atomic mass is 10.0. The van der Waals surface area contributed by atoms with E-state index in [0.717, 1.165) is 17.1 Å². The number of benzene rings is 1. The number of hydrogen-bond donors (Lipinski definition) is 2. The minimum atomic E-state index is -1.00. The maximum absolute atomic E-state index is 13.5. The molecule has 17 heteroatoms. The van der Waals surface area contributed by atoms with E-state index in [2.05, 4.69) is 25.1 Å². The Morgan fingerprint density at radius 2 is 1.80 bits per heavy atom. The van der Waals surface area contributed by atoms with E-state index in [9.17, 15) is 19.2 Å². The summed E-state index contributed by atoms with van der Waals surface area (Å²) in [5.74, 6) is -1.13. The number of esters is 1. The van der Waals surface area contributed by atoms with Crippen molar-refractivity contribution >= 4 is 69.6 Å². The lowest BCUT2D eigenvalue weighted by Gasteiger charge is -2.49. The van der Waals surface area contributed by atoms with Crippen LogP contribution in [0.25, 0.3) is 0 Å². The molecule has 3 amide bonds. The van der Waals surface area contributed by atoms with Crippen molar-refractivity contribution in [3.05, 3.63) is 46.9 Å². The highest BCUT2D eigenvalue weighted by molar-refractivity contribution is 8.00. The number of fused-ring (bicyclic) bond motifs is 1. The van der Waals surface area contributed by atoms with Crippen molar-refractivity contribution in [3.63, 3.8) is 0 Å². The second kappa shape index (κ2) is 14.3. The van der Waals surface area contributed by atoms with Crippen molar-refractivity contribution in [3.8, 4) is 5.75 Å². The number of carbonyl (C=O) groups is 4. The van der Waals surface area contributed by atoms with Crippen molar-refractivity contribution in [2.75, 3.05) is 24.1 Å². The number of amides is 3. The van der Waals surface area contributed by atoms with Crippen LogP contribution in [0.5, 0.6) is 5.75 Å². The first kappa shape index (κ1) is 35.0. The topological polar surface area (TPSA) is 171 Å². The summed E-state index contributed by atoms with van der Waals surface area (Å²) in [4.78, 5) is 63.3. The van der Waals surface area contributed by atoms with E-state index in [1.807, 2.05) is 0 Å². The third kappa shape index (κ3) is 8.67. The largest absolute Gasteiger partial charge is 0.497 e. The number of β-lactam (4-membered cyclic amide) rings is 1. The summed E-state index contributed by atoms with van der Waals surface area (Å²) in [6.07, 6.45) is -0.749. The number of rotatable bonds is 10. The smallest absolute Gasteiger partial charge is 0.414 e. The number of methoxy groups -OCH3 is 1. The summed E-state index contributed by atoms with van der Waals surface area (Å²) in [7, 11) is 1.55. The Labute approximate surface area is 279 Å². The molecule has 46 heavy (non-hydrogen) atoms. The molecule has 0 saturated carbocycles. The zero-order valence-corrected chi connectivity index (χ0v) is 28.7. The van der Waals surface area contributed by atoms with Crippen LogP contribution in [0.3, 0.4) is 0 Å². The van der Waals surface area contributed by atoms with Gasteiger partial charge in [0.25, 0.3) is 11.8 Å². The predicted octanol–water partition coefficient (Wildman–Crippen LogP) is 4.05. The number of ether oxygens (including phenoxy) is 3. The molecule has 1 aromatic heterocycles. The number of halogens is 1. The van der Waals surface area contributed by atoms with Crippen molar-refractivity contribution in [1.82, 2.24) is 19.6 Å². The summed E-state index contributed by atoms with van der Waals surface area (Å²) in [5, 5.41) is 8.59. The molecule has 0 radical (unpaired) electrons. The number of oxime groups is 1. The van der Waals surface area contributed by atoms with Gasteiger partial charge >= 0.3 is 12.1 Å². The Kier molecular flexibility index (Phi) is 10.8. The minimum Gasteiger partial charge on any atom is -0.497 e. The number of anilines is 1. The van der Waals surface area contributed by atoms with E-state index in [4.69, 9.17) is 30.6 Å². The van der Waals surface area contributed by atoms with Gasteiger partial charge in [0.15, 0.2) is 0 Å². The minimum absolute atomic E-state index is 0.0175. The standard InChI is InChI=1S/C29H35ClN6O8S2/c1-28(2,3)43-27(40)33-26-32-21(35-46-26)18(34-44-29(4,5)6)22(37)31-19-23(38)36-20(16(12-30)14-45-24(19)36)25(39)42-13-15-8-10-17(41-7)11-9-15/h8-11,19,24H,12-14H2,1-7H3,(H,31,37)(H,32,33,35,40)/b34-18+/t19-,24?/m1/s1. The quantitative estimate of drug-likeness (QED) is 0.121. The number of nitrogens with one attached hydrogen (secondary N) is 2. The molecular weight excluding hydrogens is 660 g/mol. The highest BCUT2D eigenvalue weighted by atomic mass is 35.5. The fourth-order valence-corrected chi connectivity index (χ4v) is 6.29. The number of carbonyl (C=O) groups excluding carboxylic acids is 4. The average Bonchev–Trinajstić information content (AvgIpc) is 3.44. The van der Waals surface area contributed by atoms with Gasteiger partial charge in [-0.15, -0.1) is 23.4 Å². The summed E-state index contributed by atoms with van der Waals surface area (Å²) >= 11 is 8.29. The maximum Gasteiger partial charge on any atom is 0.414 e. The molecule has 2 aliphatic rings. The van der Waals surface area contributed by atoms with Gasteiger partial charge in [0.1, 0.15) is 40.7 Å². The van der Waals surface area contributed by atoms with E-state index in [1.54, 1.807) is 72.9 Å². The molecule has 2 aliphatic heterocycles. The molecule has 1 fully saturated rings. The molecule has 1 unspecified atom stereocenters. The van der Waals surface area contributed by atoms with Crippen LogP contribution in [0, 0.1) is 0 Å². The van der Waals surface area contributed by atoms with E-state index < -0.39 is 46.5 Å². The van der Waals surface area contributed by atoms with Crippen LogP contribution in [0.15, 0.2) is 40.7 Å². The fourth-order valence-electron chi connectivity index (χ4n) is 4.05. The summed E-state index contributed by atoms with van der Waals surface area (Å²) in [6.45, 7) is 10.3. The van der Waals surface area contributed by atoms with Gasteiger partial charge < -0.3 is 24.4 Å². The highest BCUT2D eigenvalue weighted by Crippen LogP contribution is 2.41. The van der Waals surface area contributed by atoms with Gasteiger partial charge in [0.05, 0.1) is 7.11 Å². The number of aromatic nitrogens is 2. The Balaban J connectivity index is 1.48. The van der Waals surface area contributed by atoms with Gasteiger partial charge in [-0.25, -0.2) is 9.59 Å². The van der Waals surface area contributed by atoms with Gasteiger partial charge in [0, 0.05) is 23.2 Å². The van der Waals surface area contributed by atoms with Crippen molar-refractivity contribution < 1.29 is 38.2 Å². The molecule has 2 atom stereocenters. The number of hydrogen-bond acceptors (Lipinski definition) is 13. The molecule has 0 aliphatic carbocycles. The van der Waals surface area contributed by atoms with E-state index in [-0.39, 0.29) is 34.9 Å². The van der Waals surface area contributed by atoms with Gasteiger partial charge in [-0.05, 0) is 64.8 Å². The van der Waals surface area contributed by atoms with Gasteiger partial charge in [-0.2, -0.15) is 9.36 Å². The molecule has 248 valence electrons. The van der Waals surface area contributed by atoms with Crippen LogP contribution in [-0.2, 0) is 35.3 Å². The first-order valence-electron chi connectivity index (χ1n) is 14.0. The van der Waals surface area contributed by atoms with Crippen molar-refractivity contribution in [2.24, 2.45) is 5.16 Å². The first-order chi connectivity index (χ1) is 21.6. The number of alkyl halides is 1. The zero-order chi connectivity index (χ0) is 33.8. The molecule has 4 rings (SSSR count). The molecule has 1 saturated heterocycles. The molecule has 2 aromatic rings.